The van der Waals surface area contributed by atoms with Gasteiger partial charge in [0.05, 0.1) is 44.8 Å². The minimum atomic E-state index is -0.117. The number of thiophene rings is 1. The van der Waals surface area contributed by atoms with Crippen molar-refractivity contribution in [2.75, 3.05) is 51.0 Å². The number of piperazine rings is 1. The number of nitrogens with zero attached hydrogens (tertiary/aromatic N) is 2. The van der Waals surface area contributed by atoms with Gasteiger partial charge in [-0.05, 0) is 60.0 Å². The third-order valence-electron chi connectivity index (χ3n) is 6.91. The van der Waals surface area contributed by atoms with Crippen LogP contribution in [0.3, 0.4) is 0 Å². The Labute approximate surface area is 208 Å². The Morgan fingerprint density at radius 2 is 1.91 bits per heavy atom. The third-order valence-corrected chi connectivity index (χ3v) is 7.79. The molecular formula is C27H30N3O4S+. The van der Waals surface area contributed by atoms with Gasteiger partial charge < -0.3 is 19.4 Å². The molecule has 7 nitrogen and oxygen atoms in total. The van der Waals surface area contributed by atoms with Crippen molar-refractivity contribution < 1.29 is 18.8 Å². The Morgan fingerprint density at radius 1 is 1.06 bits per heavy atom. The van der Waals surface area contributed by atoms with Gasteiger partial charge in [0.1, 0.15) is 5.75 Å². The normalized spacial score (nSPS) is 15.4. The number of pyridine rings is 1. The molecule has 1 saturated heterocycles. The van der Waals surface area contributed by atoms with Gasteiger partial charge >= 0.3 is 0 Å². The lowest BCUT2D eigenvalue weighted by Gasteiger charge is -2.44. The molecule has 1 fully saturated rings. The average molecular weight is 493 g/mol. The van der Waals surface area contributed by atoms with E-state index in [-0.39, 0.29) is 5.56 Å². The van der Waals surface area contributed by atoms with Gasteiger partial charge in [-0.3, -0.25) is 14.1 Å². The van der Waals surface area contributed by atoms with E-state index in [0.717, 1.165) is 66.7 Å². The molecule has 0 spiro atoms. The molecule has 3 heterocycles. The van der Waals surface area contributed by atoms with Crippen molar-refractivity contribution in [3.63, 3.8) is 0 Å². The number of H-pyrrole nitrogens is 1. The zero-order chi connectivity index (χ0) is 24.1. The first-order valence-electron chi connectivity index (χ1n) is 12.0. The first-order valence-corrected chi connectivity index (χ1v) is 12.9. The van der Waals surface area contributed by atoms with Crippen LogP contribution in [0.25, 0.3) is 21.0 Å². The molecule has 35 heavy (non-hydrogen) atoms. The molecule has 2 aromatic heterocycles. The maximum Gasteiger partial charge on any atom is 0.297 e. The van der Waals surface area contributed by atoms with Crippen LogP contribution < -0.4 is 15.2 Å². The van der Waals surface area contributed by atoms with E-state index in [0.29, 0.717) is 19.8 Å². The van der Waals surface area contributed by atoms with Gasteiger partial charge in [-0.1, -0.05) is 6.07 Å². The van der Waals surface area contributed by atoms with Gasteiger partial charge in [0.2, 0.25) is 12.3 Å². The predicted octanol–water partition coefficient (Wildman–Crippen LogP) is 4.37. The third kappa shape index (κ3) is 5.33. The van der Waals surface area contributed by atoms with Crippen LogP contribution in [0.15, 0.2) is 64.8 Å². The van der Waals surface area contributed by atoms with Crippen molar-refractivity contribution in [3.8, 4) is 5.75 Å². The topological polar surface area (TPSA) is 71.6 Å². The molecule has 0 atom stereocenters. The summed E-state index contributed by atoms with van der Waals surface area (Å²) in [5.74, 6) is 0.753. The first kappa shape index (κ1) is 23.4. The number of carbonyl (C=O) groups excluding carboxylic acids is 1. The van der Waals surface area contributed by atoms with E-state index in [1.54, 1.807) is 11.3 Å². The summed E-state index contributed by atoms with van der Waals surface area (Å²) in [5, 5.41) is 4.44. The maximum atomic E-state index is 11.6. The van der Waals surface area contributed by atoms with Gasteiger partial charge in [-0.25, -0.2) is 0 Å². The number of aromatic nitrogens is 1. The van der Waals surface area contributed by atoms with Crippen molar-refractivity contribution in [1.29, 1.82) is 0 Å². The number of carbonyl (C=O) groups is 1. The molecule has 1 aliphatic rings. The van der Waals surface area contributed by atoms with E-state index in [1.807, 2.05) is 24.3 Å². The smallest absolute Gasteiger partial charge is 0.297 e. The van der Waals surface area contributed by atoms with E-state index in [9.17, 15) is 9.59 Å². The van der Waals surface area contributed by atoms with Crippen LogP contribution in [0.1, 0.15) is 12.8 Å². The molecule has 0 unspecified atom stereocenters. The molecule has 0 radical (unpaired) electrons. The van der Waals surface area contributed by atoms with Gasteiger partial charge in [-0.2, -0.15) is 0 Å². The van der Waals surface area contributed by atoms with Crippen LogP contribution >= 0.6 is 11.3 Å². The van der Waals surface area contributed by atoms with E-state index in [1.165, 1.54) is 21.8 Å². The molecular weight excluding hydrogens is 462 g/mol. The van der Waals surface area contributed by atoms with Crippen LogP contribution in [0.2, 0.25) is 0 Å². The van der Waals surface area contributed by atoms with Crippen molar-refractivity contribution in [1.82, 2.24) is 4.98 Å². The van der Waals surface area contributed by atoms with Crippen LogP contribution in [0.4, 0.5) is 5.69 Å². The second kappa shape index (κ2) is 10.5. The Kier molecular flexibility index (Phi) is 7.01. The summed E-state index contributed by atoms with van der Waals surface area (Å²) in [6, 6.07) is 17.8. The van der Waals surface area contributed by atoms with Gasteiger partial charge in [0.15, 0.2) is 0 Å². The lowest BCUT2D eigenvalue weighted by atomic mass is 10.1. The van der Waals surface area contributed by atoms with Gasteiger partial charge in [0.25, 0.3) is 6.47 Å². The second-order valence-electron chi connectivity index (χ2n) is 9.13. The molecule has 5 rings (SSSR count). The summed E-state index contributed by atoms with van der Waals surface area (Å²) in [6.45, 7) is 6.26. The Hall–Kier alpha value is -3.36. The number of rotatable bonds is 10. The predicted molar refractivity (Wildman–Crippen MR) is 140 cm³/mol. The Balaban J connectivity index is 1.15. The molecule has 1 aliphatic heterocycles. The summed E-state index contributed by atoms with van der Waals surface area (Å²) < 4.78 is 13.3. The maximum absolute atomic E-state index is 11.6. The number of nitrogens with one attached hydrogen (secondary N) is 1. The number of hydrogen-bond acceptors (Lipinski definition) is 6. The van der Waals surface area contributed by atoms with Crippen molar-refractivity contribution >= 4 is 44.5 Å². The summed E-state index contributed by atoms with van der Waals surface area (Å²) in [4.78, 5) is 27.8. The van der Waals surface area contributed by atoms with E-state index >= 15 is 0 Å². The summed E-state index contributed by atoms with van der Waals surface area (Å²) >= 11 is 1.77. The number of quaternary nitrogens is 1. The standard InChI is InChI=1S/C27H29N3O4S/c31-20-33-19-30(14-11-29(12-15-30)25-4-3-5-26-23(25)10-17-35-26)13-1-2-16-34-22-8-6-21-7-9-27(32)28-24(21)18-22/h3-10,17-18,20H,1-2,11-16,19H2/p+1. The zero-order valence-corrected chi connectivity index (χ0v) is 20.5. The number of fused-ring (bicyclic) bond motifs is 2. The van der Waals surface area contributed by atoms with E-state index < -0.39 is 0 Å². The number of ether oxygens (including phenoxy) is 2. The van der Waals surface area contributed by atoms with Crippen LogP contribution in [0, 0.1) is 0 Å². The van der Waals surface area contributed by atoms with Crippen molar-refractivity contribution in [3.05, 3.63) is 70.3 Å². The summed E-state index contributed by atoms with van der Waals surface area (Å²) in [5.41, 5.74) is 1.96. The summed E-state index contributed by atoms with van der Waals surface area (Å²) in [7, 11) is 0. The largest absolute Gasteiger partial charge is 0.494 e. The number of unbranched alkanes of at least 4 members (excludes halogenated alkanes) is 1. The fraction of sp³-hybridized carbons (Fsp3) is 0.333. The monoisotopic (exact) mass is 492 g/mol. The summed E-state index contributed by atoms with van der Waals surface area (Å²) in [6.07, 6.45) is 1.88. The fourth-order valence-corrected chi connectivity index (χ4v) is 5.76. The molecule has 0 saturated carbocycles. The SMILES string of the molecule is O=COC[N+]1(CCCCOc2ccc3ccc(=O)[nH]c3c2)CCN(c2cccc3sccc23)CC1. The van der Waals surface area contributed by atoms with Crippen molar-refractivity contribution in [2.45, 2.75) is 12.8 Å². The minimum absolute atomic E-state index is 0.117. The molecule has 0 bridgehead atoms. The zero-order valence-electron chi connectivity index (χ0n) is 19.7. The highest BCUT2D eigenvalue weighted by atomic mass is 32.1. The minimum Gasteiger partial charge on any atom is -0.494 e. The molecule has 1 N–H and O–H groups in total. The number of anilines is 1. The van der Waals surface area contributed by atoms with Gasteiger partial charge in [0, 0.05) is 27.9 Å². The highest BCUT2D eigenvalue weighted by molar-refractivity contribution is 7.17. The molecule has 2 aromatic carbocycles. The molecule has 4 aromatic rings. The van der Waals surface area contributed by atoms with Crippen LogP contribution in [-0.2, 0) is 9.53 Å². The highest BCUT2D eigenvalue weighted by Crippen LogP contribution is 2.32. The first-order chi connectivity index (χ1) is 17.2. The second-order valence-corrected chi connectivity index (χ2v) is 10.1. The molecule has 182 valence electrons. The Morgan fingerprint density at radius 3 is 2.77 bits per heavy atom. The quantitative estimate of drug-likeness (QED) is 0.202. The molecule has 0 aliphatic carbocycles. The van der Waals surface area contributed by atoms with Crippen LogP contribution in [0.5, 0.6) is 5.75 Å². The van der Waals surface area contributed by atoms with Crippen molar-refractivity contribution in [2.24, 2.45) is 0 Å². The number of aromatic amines is 1. The highest BCUT2D eigenvalue weighted by Gasteiger charge is 2.33. The molecule has 0 amide bonds. The number of benzene rings is 2. The average Bonchev–Trinajstić information content (AvgIpc) is 3.37. The fourth-order valence-electron chi connectivity index (χ4n) is 4.95. The van der Waals surface area contributed by atoms with E-state index in [4.69, 9.17) is 9.47 Å². The lowest BCUT2D eigenvalue weighted by Crippen LogP contribution is -2.61. The molecule has 8 heteroatoms. The van der Waals surface area contributed by atoms with Crippen LogP contribution in [-0.4, -0.2) is 62.0 Å². The Bertz CT molecular complexity index is 1360. The van der Waals surface area contributed by atoms with E-state index in [2.05, 4.69) is 39.5 Å². The number of hydrogen-bond donors (Lipinski definition) is 1. The van der Waals surface area contributed by atoms with Gasteiger partial charge in [-0.15, -0.1) is 11.3 Å². The lowest BCUT2D eigenvalue weighted by molar-refractivity contribution is -0.944.